The van der Waals surface area contributed by atoms with Crippen LogP contribution < -0.4 is 5.43 Å². The van der Waals surface area contributed by atoms with Crippen LogP contribution in [-0.4, -0.2) is 26.8 Å². The van der Waals surface area contributed by atoms with Crippen molar-refractivity contribution < 1.29 is 9.59 Å². The van der Waals surface area contributed by atoms with Crippen LogP contribution in [0.4, 0.5) is 0 Å². The summed E-state index contributed by atoms with van der Waals surface area (Å²) in [4.78, 5) is 24.9. The number of carbonyl (C=O) groups excluding carboxylic acids is 2. The number of halogens is 3. The normalized spacial score (nSPS) is 18.7. The van der Waals surface area contributed by atoms with E-state index < -0.39 is 23.2 Å². The largest absolute Gasteiger partial charge is 0.324 e. The van der Waals surface area contributed by atoms with Gasteiger partial charge in [0.15, 0.2) is 0 Å². The number of hydrazine groups is 1. The Morgan fingerprint density at radius 3 is 2.14 bits per heavy atom. The molecule has 1 aliphatic rings. The first-order valence-corrected chi connectivity index (χ1v) is 9.62. The van der Waals surface area contributed by atoms with E-state index in [2.05, 4.69) is 5.43 Å². The van der Waals surface area contributed by atoms with E-state index in [1.807, 2.05) is 41.2 Å². The molecule has 5 nitrogen and oxygen atoms in total. The Morgan fingerprint density at radius 2 is 1.54 bits per heavy atom. The number of hydrogen-bond donors (Lipinski definition) is 1. The number of nitrogens with zero attached hydrogens (tertiary/aromatic N) is 2. The van der Waals surface area contributed by atoms with Gasteiger partial charge in [0.2, 0.25) is 0 Å². The standard InChI is InChI=1S/C20H14Cl3N3O2/c21-14-4-3-5-15(22)16(14)18-17(23)20(28)26(18)24-19(27)12-6-8-13(9-7-12)25-10-1-2-11-25/h1-11,17-18H,(H,24,27). The second-order valence-corrected chi connectivity index (χ2v) is 7.55. The van der Waals surface area contributed by atoms with Crippen LogP contribution in [0.15, 0.2) is 67.0 Å². The molecule has 1 aliphatic heterocycles. The molecule has 1 fully saturated rings. The van der Waals surface area contributed by atoms with Gasteiger partial charge in [-0.1, -0.05) is 29.3 Å². The molecule has 4 rings (SSSR count). The summed E-state index contributed by atoms with van der Waals surface area (Å²) in [5.74, 6) is -0.843. The minimum Gasteiger partial charge on any atom is -0.324 e. The first-order valence-electron chi connectivity index (χ1n) is 8.43. The van der Waals surface area contributed by atoms with Gasteiger partial charge in [0.05, 0.1) is 0 Å². The van der Waals surface area contributed by atoms with Gasteiger partial charge in [-0.05, 0) is 48.5 Å². The molecule has 2 amide bonds. The smallest absolute Gasteiger partial charge is 0.269 e. The lowest BCUT2D eigenvalue weighted by molar-refractivity contribution is -0.149. The summed E-state index contributed by atoms with van der Waals surface area (Å²) < 4.78 is 1.92. The van der Waals surface area contributed by atoms with Crippen molar-refractivity contribution in [3.8, 4) is 5.69 Å². The third-order valence-corrected chi connectivity index (χ3v) is 5.66. The molecule has 1 saturated heterocycles. The average Bonchev–Trinajstić information content (AvgIpc) is 3.24. The van der Waals surface area contributed by atoms with E-state index >= 15 is 0 Å². The molecular formula is C20H14Cl3N3O2. The number of hydrogen-bond acceptors (Lipinski definition) is 2. The highest BCUT2D eigenvalue weighted by Crippen LogP contribution is 2.43. The molecule has 0 spiro atoms. The predicted octanol–water partition coefficient (Wildman–Crippen LogP) is 4.62. The van der Waals surface area contributed by atoms with E-state index in [0.717, 1.165) is 5.69 Å². The number of nitrogens with one attached hydrogen (secondary N) is 1. The van der Waals surface area contributed by atoms with Gasteiger partial charge in [-0.2, -0.15) is 0 Å². The Morgan fingerprint density at radius 1 is 0.929 bits per heavy atom. The van der Waals surface area contributed by atoms with Crippen molar-refractivity contribution in [3.63, 3.8) is 0 Å². The highest BCUT2D eigenvalue weighted by molar-refractivity contribution is 6.38. The monoisotopic (exact) mass is 433 g/mol. The zero-order valence-electron chi connectivity index (χ0n) is 14.4. The van der Waals surface area contributed by atoms with Gasteiger partial charge in [-0.15, -0.1) is 11.6 Å². The molecule has 0 saturated carbocycles. The SMILES string of the molecule is O=C(NN1C(=O)C(Cl)C1c1c(Cl)cccc1Cl)c1ccc(-n2cccc2)cc1. The predicted molar refractivity (Wildman–Crippen MR) is 109 cm³/mol. The summed E-state index contributed by atoms with van der Waals surface area (Å²) in [6, 6.07) is 15.2. The van der Waals surface area contributed by atoms with Crippen molar-refractivity contribution in [2.45, 2.75) is 11.4 Å². The summed E-state index contributed by atoms with van der Waals surface area (Å²) in [7, 11) is 0. The number of carbonyl (C=O) groups is 2. The van der Waals surface area contributed by atoms with E-state index in [9.17, 15) is 9.59 Å². The van der Waals surface area contributed by atoms with Gasteiger partial charge < -0.3 is 4.57 Å². The third-order valence-electron chi connectivity index (χ3n) is 4.58. The number of rotatable bonds is 4. The van der Waals surface area contributed by atoms with Crippen molar-refractivity contribution in [2.75, 3.05) is 0 Å². The first-order chi connectivity index (χ1) is 13.5. The molecule has 0 bridgehead atoms. The fourth-order valence-electron chi connectivity index (χ4n) is 3.11. The zero-order chi connectivity index (χ0) is 19.8. The Kier molecular flexibility index (Phi) is 5.06. The molecule has 2 atom stereocenters. The summed E-state index contributed by atoms with van der Waals surface area (Å²) in [5.41, 5.74) is 4.44. The summed E-state index contributed by atoms with van der Waals surface area (Å²) >= 11 is 18.7. The van der Waals surface area contributed by atoms with Crippen molar-refractivity contribution in [3.05, 3.63) is 88.2 Å². The van der Waals surface area contributed by atoms with Crippen LogP contribution in [0, 0.1) is 0 Å². The molecule has 2 aromatic carbocycles. The van der Waals surface area contributed by atoms with Crippen molar-refractivity contribution in [1.29, 1.82) is 0 Å². The van der Waals surface area contributed by atoms with Gasteiger partial charge in [0.1, 0.15) is 11.4 Å². The van der Waals surface area contributed by atoms with Gasteiger partial charge >= 0.3 is 0 Å². The van der Waals surface area contributed by atoms with Crippen LogP contribution in [0.3, 0.4) is 0 Å². The van der Waals surface area contributed by atoms with Gasteiger partial charge in [-0.25, -0.2) is 5.01 Å². The quantitative estimate of drug-likeness (QED) is 0.481. The van der Waals surface area contributed by atoms with Crippen LogP contribution in [0.1, 0.15) is 22.0 Å². The van der Waals surface area contributed by atoms with E-state index in [1.54, 1.807) is 30.3 Å². The fourth-order valence-corrected chi connectivity index (χ4v) is 4.08. The molecule has 0 aliphatic carbocycles. The maximum absolute atomic E-state index is 12.6. The number of benzene rings is 2. The molecule has 28 heavy (non-hydrogen) atoms. The molecule has 2 heterocycles. The van der Waals surface area contributed by atoms with Crippen LogP contribution in [0.2, 0.25) is 10.0 Å². The molecule has 3 aromatic rings. The van der Waals surface area contributed by atoms with E-state index in [1.165, 1.54) is 5.01 Å². The lowest BCUT2D eigenvalue weighted by Crippen LogP contribution is -2.63. The Balaban J connectivity index is 1.54. The van der Waals surface area contributed by atoms with Crippen molar-refractivity contribution in [1.82, 2.24) is 15.0 Å². The van der Waals surface area contributed by atoms with Crippen LogP contribution in [0.25, 0.3) is 5.69 Å². The molecule has 0 radical (unpaired) electrons. The number of aromatic nitrogens is 1. The molecular weight excluding hydrogens is 421 g/mol. The Labute approximate surface area is 176 Å². The molecule has 142 valence electrons. The van der Waals surface area contributed by atoms with Crippen molar-refractivity contribution in [2.24, 2.45) is 0 Å². The van der Waals surface area contributed by atoms with Gasteiger partial charge in [-0.3, -0.25) is 15.0 Å². The van der Waals surface area contributed by atoms with E-state index in [4.69, 9.17) is 34.8 Å². The zero-order valence-corrected chi connectivity index (χ0v) is 16.6. The summed E-state index contributed by atoms with van der Waals surface area (Å²) in [5, 5.41) is 1.08. The molecule has 2 unspecified atom stereocenters. The minimum atomic E-state index is -0.853. The highest BCUT2D eigenvalue weighted by Gasteiger charge is 2.50. The first kappa shape index (κ1) is 18.9. The lowest BCUT2D eigenvalue weighted by Gasteiger charge is -2.44. The third kappa shape index (κ3) is 3.26. The fraction of sp³-hybridized carbons (Fsp3) is 0.100. The van der Waals surface area contributed by atoms with E-state index in [-0.39, 0.29) is 0 Å². The summed E-state index contributed by atoms with van der Waals surface area (Å²) in [6.45, 7) is 0. The topological polar surface area (TPSA) is 54.3 Å². The van der Waals surface area contributed by atoms with Crippen LogP contribution in [0.5, 0.6) is 0 Å². The highest BCUT2D eigenvalue weighted by atomic mass is 35.5. The number of alkyl halides is 1. The van der Waals surface area contributed by atoms with Crippen molar-refractivity contribution >= 4 is 46.6 Å². The minimum absolute atomic E-state index is 0.381. The second kappa shape index (κ2) is 7.51. The van der Waals surface area contributed by atoms with E-state index in [0.29, 0.717) is 21.2 Å². The average molecular weight is 435 g/mol. The Bertz CT molecular complexity index is 1020. The second-order valence-electron chi connectivity index (χ2n) is 6.27. The number of β-lactam (4-membered cyclic amide) rings is 1. The number of amides is 2. The van der Waals surface area contributed by atoms with Crippen LogP contribution in [-0.2, 0) is 4.79 Å². The molecule has 1 N–H and O–H groups in total. The maximum Gasteiger partial charge on any atom is 0.269 e. The van der Waals surface area contributed by atoms with Gasteiger partial charge in [0, 0.05) is 39.3 Å². The summed E-state index contributed by atoms with van der Waals surface area (Å²) in [6.07, 6.45) is 3.82. The van der Waals surface area contributed by atoms with Crippen LogP contribution >= 0.6 is 34.8 Å². The maximum atomic E-state index is 12.6. The Hall–Kier alpha value is -2.47. The van der Waals surface area contributed by atoms with Gasteiger partial charge in [0.25, 0.3) is 11.8 Å². The molecule has 8 heteroatoms. The lowest BCUT2D eigenvalue weighted by atomic mass is 9.95. The molecule has 1 aromatic heterocycles.